The van der Waals surface area contributed by atoms with Crippen molar-refractivity contribution in [1.82, 2.24) is 0 Å². The van der Waals surface area contributed by atoms with E-state index in [4.69, 9.17) is 9.47 Å². The second-order valence-corrected chi connectivity index (χ2v) is 2.44. The summed E-state index contributed by atoms with van der Waals surface area (Å²) >= 11 is 0. The molecular weight excluding hydrogens is 152 g/mol. The van der Waals surface area contributed by atoms with Crippen molar-refractivity contribution < 1.29 is 9.47 Å². The van der Waals surface area contributed by atoms with Gasteiger partial charge in [-0.25, -0.2) is 0 Å². The fraction of sp³-hybridized carbons (Fsp3) is 0.300. The summed E-state index contributed by atoms with van der Waals surface area (Å²) in [4.78, 5) is 0. The zero-order valence-electron chi connectivity index (χ0n) is 7.25. The molecule has 0 amide bonds. The minimum absolute atomic E-state index is 0.295. The fourth-order valence-electron chi connectivity index (χ4n) is 0.879. The molecule has 0 unspecified atom stereocenters. The molecule has 1 aromatic rings. The van der Waals surface area contributed by atoms with Gasteiger partial charge in [0.05, 0.1) is 0 Å². The molecule has 0 aliphatic heterocycles. The average Bonchev–Trinajstić information content (AvgIpc) is 2.15. The van der Waals surface area contributed by atoms with Gasteiger partial charge in [0, 0.05) is 7.11 Å². The van der Waals surface area contributed by atoms with Gasteiger partial charge in [-0.2, -0.15) is 0 Å². The van der Waals surface area contributed by atoms with Crippen LogP contribution in [0.4, 0.5) is 0 Å². The molecule has 0 atom stereocenters. The van der Waals surface area contributed by atoms with Crippen LogP contribution in [0.1, 0.15) is 5.56 Å². The Morgan fingerprint density at radius 3 is 2.42 bits per heavy atom. The number of rotatable bonds is 4. The molecule has 0 spiro atoms. The molecular formula is C10H13O2. The van der Waals surface area contributed by atoms with Crippen LogP contribution in [0.15, 0.2) is 24.3 Å². The molecule has 0 N–H and O–H groups in total. The van der Waals surface area contributed by atoms with Crippen molar-refractivity contribution in [3.63, 3.8) is 0 Å². The van der Waals surface area contributed by atoms with Gasteiger partial charge in [0.2, 0.25) is 0 Å². The van der Waals surface area contributed by atoms with E-state index in [1.54, 1.807) is 7.11 Å². The van der Waals surface area contributed by atoms with Crippen molar-refractivity contribution in [3.05, 3.63) is 36.8 Å². The molecule has 0 bridgehead atoms. The molecule has 2 heteroatoms. The molecule has 0 aliphatic carbocycles. The molecule has 0 aromatic heterocycles. The number of benzene rings is 1. The molecule has 2 nitrogen and oxygen atoms in total. The molecule has 65 valence electrons. The zero-order chi connectivity index (χ0) is 8.81. The maximum absolute atomic E-state index is 5.21. The van der Waals surface area contributed by atoms with E-state index in [0.29, 0.717) is 6.79 Å². The Kier molecular flexibility index (Phi) is 3.61. The molecule has 0 saturated heterocycles. The van der Waals surface area contributed by atoms with Crippen LogP contribution in [0.5, 0.6) is 5.75 Å². The Labute approximate surface area is 73.1 Å². The highest BCUT2D eigenvalue weighted by Crippen LogP contribution is 2.11. The lowest BCUT2D eigenvalue weighted by atomic mass is 10.2. The van der Waals surface area contributed by atoms with Gasteiger partial charge < -0.3 is 9.47 Å². The first-order valence-electron chi connectivity index (χ1n) is 3.86. The second kappa shape index (κ2) is 4.78. The van der Waals surface area contributed by atoms with Gasteiger partial charge in [0.1, 0.15) is 5.75 Å². The van der Waals surface area contributed by atoms with Crippen LogP contribution >= 0.6 is 0 Å². The Morgan fingerprint density at radius 2 is 1.92 bits per heavy atom. The number of ether oxygens (including phenoxy) is 2. The minimum Gasteiger partial charge on any atom is -0.468 e. The monoisotopic (exact) mass is 165 g/mol. The highest BCUT2D eigenvalue weighted by atomic mass is 16.7. The summed E-state index contributed by atoms with van der Waals surface area (Å²) < 4.78 is 9.98. The lowest BCUT2D eigenvalue weighted by molar-refractivity contribution is 0.0511. The summed E-state index contributed by atoms with van der Waals surface area (Å²) in [6, 6.07) is 7.83. The third-order valence-corrected chi connectivity index (χ3v) is 1.56. The van der Waals surface area contributed by atoms with Crippen molar-refractivity contribution in [2.75, 3.05) is 13.9 Å². The second-order valence-electron chi connectivity index (χ2n) is 2.44. The average molecular weight is 165 g/mol. The highest BCUT2D eigenvalue weighted by Gasteiger charge is 1.92. The van der Waals surface area contributed by atoms with Crippen molar-refractivity contribution in [3.8, 4) is 5.75 Å². The first-order chi connectivity index (χ1) is 5.86. The minimum atomic E-state index is 0.295. The largest absolute Gasteiger partial charge is 0.468 e. The van der Waals surface area contributed by atoms with E-state index in [1.807, 2.05) is 24.3 Å². The van der Waals surface area contributed by atoms with E-state index in [2.05, 4.69) is 6.92 Å². The van der Waals surface area contributed by atoms with Crippen LogP contribution < -0.4 is 4.74 Å². The summed E-state index contributed by atoms with van der Waals surface area (Å²) in [5.74, 6) is 0.828. The van der Waals surface area contributed by atoms with Crippen molar-refractivity contribution in [2.24, 2.45) is 0 Å². The summed E-state index contributed by atoms with van der Waals surface area (Å²) in [6.07, 6.45) is 0.810. The normalized spacial score (nSPS) is 9.83. The lowest BCUT2D eigenvalue weighted by Gasteiger charge is -2.04. The predicted molar refractivity (Wildman–Crippen MR) is 48.0 cm³/mol. The van der Waals surface area contributed by atoms with Gasteiger partial charge in [-0.3, -0.25) is 0 Å². The van der Waals surface area contributed by atoms with Crippen LogP contribution in [0.3, 0.4) is 0 Å². The van der Waals surface area contributed by atoms with Crippen molar-refractivity contribution in [2.45, 2.75) is 6.42 Å². The van der Waals surface area contributed by atoms with E-state index >= 15 is 0 Å². The quantitative estimate of drug-likeness (QED) is 0.636. The van der Waals surface area contributed by atoms with Gasteiger partial charge in [0.15, 0.2) is 6.79 Å². The molecule has 0 aliphatic rings. The first-order valence-corrected chi connectivity index (χ1v) is 3.86. The van der Waals surface area contributed by atoms with E-state index < -0.39 is 0 Å². The van der Waals surface area contributed by atoms with Gasteiger partial charge >= 0.3 is 0 Å². The van der Waals surface area contributed by atoms with Crippen molar-refractivity contribution >= 4 is 0 Å². The van der Waals surface area contributed by atoms with Gasteiger partial charge in [-0.05, 0) is 31.0 Å². The Morgan fingerprint density at radius 1 is 1.25 bits per heavy atom. The third-order valence-electron chi connectivity index (χ3n) is 1.56. The molecule has 0 fully saturated rings. The standard InChI is InChI=1S/C10H13O2/c1-3-9-4-6-10(7-5-9)12-8-11-2/h4-7H,1,3,8H2,2H3. The Bertz CT molecular complexity index is 216. The molecule has 1 radical (unpaired) electrons. The topological polar surface area (TPSA) is 18.5 Å². The zero-order valence-corrected chi connectivity index (χ0v) is 7.25. The summed E-state index contributed by atoms with van der Waals surface area (Å²) in [5.41, 5.74) is 1.21. The third kappa shape index (κ3) is 2.55. The molecule has 0 heterocycles. The summed E-state index contributed by atoms with van der Waals surface area (Å²) in [7, 11) is 1.60. The number of hydrogen-bond donors (Lipinski definition) is 0. The van der Waals surface area contributed by atoms with Crippen molar-refractivity contribution in [1.29, 1.82) is 0 Å². The highest BCUT2D eigenvalue weighted by molar-refractivity contribution is 5.27. The Hall–Kier alpha value is -1.02. The maximum atomic E-state index is 5.21. The molecule has 12 heavy (non-hydrogen) atoms. The molecule has 1 aromatic carbocycles. The first kappa shape index (κ1) is 9.07. The predicted octanol–water partition coefficient (Wildman–Crippen LogP) is 2.05. The van der Waals surface area contributed by atoms with E-state index in [9.17, 15) is 0 Å². The van der Waals surface area contributed by atoms with E-state index in [1.165, 1.54) is 5.56 Å². The summed E-state index contributed by atoms with van der Waals surface area (Å²) in [5, 5.41) is 0. The lowest BCUT2D eigenvalue weighted by Crippen LogP contribution is -1.98. The van der Waals surface area contributed by atoms with E-state index in [0.717, 1.165) is 12.2 Å². The number of hydrogen-bond acceptors (Lipinski definition) is 2. The molecule has 0 saturated carbocycles. The number of methoxy groups -OCH3 is 1. The van der Waals surface area contributed by atoms with E-state index in [-0.39, 0.29) is 0 Å². The van der Waals surface area contributed by atoms with Crippen LogP contribution in [0, 0.1) is 6.92 Å². The fourth-order valence-corrected chi connectivity index (χ4v) is 0.879. The Balaban J connectivity index is 2.53. The van der Waals surface area contributed by atoms with Crippen LogP contribution in [-0.4, -0.2) is 13.9 Å². The SMILES string of the molecule is [CH2]Cc1ccc(OCOC)cc1. The maximum Gasteiger partial charge on any atom is 0.188 e. The summed E-state index contributed by atoms with van der Waals surface area (Å²) in [6.45, 7) is 4.08. The smallest absolute Gasteiger partial charge is 0.188 e. The molecule has 1 rings (SSSR count). The van der Waals surface area contributed by atoms with Crippen LogP contribution in [0.25, 0.3) is 0 Å². The van der Waals surface area contributed by atoms with Crippen LogP contribution in [0.2, 0.25) is 0 Å². The van der Waals surface area contributed by atoms with Crippen LogP contribution in [-0.2, 0) is 11.2 Å². The van der Waals surface area contributed by atoms with Gasteiger partial charge in [0.25, 0.3) is 0 Å². The van der Waals surface area contributed by atoms with Gasteiger partial charge in [-0.15, -0.1) is 0 Å². The van der Waals surface area contributed by atoms with Gasteiger partial charge in [-0.1, -0.05) is 12.1 Å².